The van der Waals surface area contributed by atoms with E-state index < -0.39 is 0 Å². The Morgan fingerprint density at radius 1 is 1.07 bits per heavy atom. The monoisotopic (exact) mass is 202 g/mol. The van der Waals surface area contributed by atoms with E-state index in [1.807, 2.05) is 18.2 Å². The van der Waals surface area contributed by atoms with Gasteiger partial charge in [-0.3, -0.25) is 0 Å². The number of quaternary nitrogens is 1. The lowest BCUT2D eigenvalue weighted by Gasteiger charge is -2.12. The number of furan rings is 1. The van der Waals surface area contributed by atoms with Crippen molar-refractivity contribution in [3.8, 4) is 0 Å². The largest absolute Gasteiger partial charge is 0.469 e. The maximum absolute atomic E-state index is 5.47. The Labute approximate surface area is 89.7 Å². The topological polar surface area (TPSA) is 40.8 Å². The van der Waals surface area contributed by atoms with Gasteiger partial charge in [0.1, 0.15) is 5.76 Å². The molecule has 0 aliphatic heterocycles. The highest BCUT2D eigenvalue weighted by molar-refractivity contribution is 5.26. The molecule has 1 aromatic heterocycles. The standard InChI is InChI=1S/C13H15NO/c14-9-8-12(13-7-4-10-15-13)11-5-2-1-3-6-11/h1-7,10,12H,8-9,14H2/p+1/t12-/m1/s1. The Kier molecular flexibility index (Phi) is 3.20. The third-order valence-electron chi connectivity index (χ3n) is 2.58. The van der Waals surface area contributed by atoms with Crippen LogP contribution in [-0.4, -0.2) is 6.54 Å². The third-order valence-corrected chi connectivity index (χ3v) is 2.58. The fourth-order valence-electron chi connectivity index (χ4n) is 1.85. The van der Waals surface area contributed by atoms with Gasteiger partial charge in [-0.15, -0.1) is 0 Å². The van der Waals surface area contributed by atoms with E-state index in [1.54, 1.807) is 6.26 Å². The van der Waals surface area contributed by atoms with Crippen LogP contribution in [0.5, 0.6) is 0 Å². The zero-order valence-electron chi connectivity index (χ0n) is 8.73. The highest BCUT2D eigenvalue weighted by Crippen LogP contribution is 2.27. The molecular weight excluding hydrogens is 186 g/mol. The van der Waals surface area contributed by atoms with Crippen LogP contribution in [0.4, 0.5) is 0 Å². The van der Waals surface area contributed by atoms with Crippen molar-refractivity contribution in [2.24, 2.45) is 0 Å². The second-order valence-electron chi connectivity index (χ2n) is 3.62. The van der Waals surface area contributed by atoms with Crippen LogP contribution in [-0.2, 0) is 0 Å². The summed E-state index contributed by atoms with van der Waals surface area (Å²) in [7, 11) is 0. The second-order valence-corrected chi connectivity index (χ2v) is 3.62. The van der Waals surface area contributed by atoms with E-state index >= 15 is 0 Å². The maximum Gasteiger partial charge on any atom is 0.111 e. The molecule has 2 nitrogen and oxygen atoms in total. The van der Waals surface area contributed by atoms with E-state index in [9.17, 15) is 0 Å². The number of hydrogen-bond donors (Lipinski definition) is 1. The second kappa shape index (κ2) is 4.80. The minimum Gasteiger partial charge on any atom is -0.469 e. The van der Waals surface area contributed by atoms with Crippen LogP contribution in [0.15, 0.2) is 53.1 Å². The van der Waals surface area contributed by atoms with Crippen LogP contribution in [0.25, 0.3) is 0 Å². The Bertz CT molecular complexity index is 380. The molecule has 78 valence electrons. The van der Waals surface area contributed by atoms with Gasteiger partial charge in [-0.25, -0.2) is 0 Å². The van der Waals surface area contributed by atoms with E-state index in [4.69, 9.17) is 4.42 Å². The van der Waals surface area contributed by atoms with Gasteiger partial charge >= 0.3 is 0 Å². The fraction of sp³-hybridized carbons (Fsp3) is 0.231. The normalized spacial score (nSPS) is 12.6. The first kappa shape index (κ1) is 9.99. The molecule has 0 radical (unpaired) electrons. The van der Waals surface area contributed by atoms with Gasteiger partial charge in [0, 0.05) is 12.3 Å². The predicted molar refractivity (Wildman–Crippen MR) is 59.4 cm³/mol. The minimum absolute atomic E-state index is 0.346. The highest BCUT2D eigenvalue weighted by Gasteiger charge is 2.16. The van der Waals surface area contributed by atoms with E-state index in [2.05, 4.69) is 30.0 Å². The van der Waals surface area contributed by atoms with E-state index in [0.29, 0.717) is 5.92 Å². The summed E-state index contributed by atoms with van der Waals surface area (Å²) in [6.07, 6.45) is 2.76. The summed E-state index contributed by atoms with van der Waals surface area (Å²) in [6, 6.07) is 14.4. The number of rotatable bonds is 4. The highest BCUT2D eigenvalue weighted by atomic mass is 16.3. The lowest BCUT2D eigenvalue weighted by molar-refractivity contribution is -0.368. The molecule has 1 heterocycles. The van der Waals surface area contributed by atoms with E-state index in [-0.39, 0.29) is 0 Å². The van der Waals surface area contributed by atoms with Crippen LogP contribution in [0.2, 0.25) is 0 Å². The lowest BCUT2D eigenvalue weighted by Crippen LogP contribution is -2.50. The summed E-state index contributed by atoms with van der Waals surface area (Å²) in [5, 5.41) is 0. The summed E-state index contributed by atoms with van der Waals surface area (Å²) >= 11 is 0. The van der Waals surface area contributed by atoms with Crippen LogP contribution < -0.4 is 5.73 Å². The van der Waals surface area contributed by atoms with Gasteiger partial charge in [0.05, 0.1) is 12.8 Å². The molecule has 0 aliphatic carbocycles. The SMILES string of the molecule is [NH3+]CC[C@H](c1ccccc1)c1ccco1. The Morgan fingerprint density at radius 3 is 2.47 bits per heavy atom. The maximum atomic E-state index is 5.47. The molecule has 0 aliphatic rings. The van der Waals surface area contributed by atoms with Crippen LogP contribution >= 0.6 is 0 Å². The first-order valence-electron chi connectivity index (χ1n) is 5.29. The van der Waals surface area contributed by atoms with Crippen molar-refractivity contribution in [3.63, 3.8) is 0 Å². The molecule has 1 aromatic carbocycles. The van der Waals surface area contributed by atoms with Gasteiger partial charge in [-0.1, -0.05) is 30.3 Å². The van der Waals surface area contributed by atoms with Crippen LogP contribution in [0, 0.1) is 0 Å². The van der Waals surface area contributed by atoms with Crippen LogP contribution in [0.3, 0.4) is 0 Å². The van der Waals surface area contributed by atoms with Gasteiger partial charge in [0.25, 0.3) is 0 Å². The molecule has 0 spiro atoms. The molecule has 1 atom stereocenters. The Balaban J connectivity index is 2.28. The molecule has 3 N–H and O–H groups in total. The number of benzene rings is 1. The molecule has 15 heavy (non-hydrogen) atoms. The van der Waals surface area contributed by atoms with Crippen molar-refractivity contribution in [2.45, 2.75) is 12.3 Å². The summed E-state index contributed by atoms with van der Waals surface area (Å²) in [5.41, 5.74) is 5.22. The molecule has 0 saturated carbocycles. The molecule has 0 saturated heterocycles. The summed E-state index contributed by atoms with van der Waals surface area (Å²) in [5.74, 6) is 1.38. The van der Waals surface area contributed by atoms with Gasteiger partial charge < -0.3 is 10.2 Å². The smallest absolute Gasteiger partial charge is 0.111 e. The Hall–Kier alpha value is -1.54. The molecule has 0 unspecified atom stereocenters. The van der Waals surface area contributed by atoms with E-state index in [1.165, 1.54) is 5.56 Å². The first-order chi connectivity index (χ1) is 7.42. The van der Waals surface area contributed by atoms with Crippen molar-refractivity contribution >= 4 is 0 Å². The fourth-order valence-corrected chi connectivity index (χ4v) is 1.85. The summed E-state index contributed by atoms with van der Waals surface area (Å²) < 4.78 is 5.47. The molecule has 0 amide bonds. The van der Waals surface area contributed by atoms with E-state index in [0.717, 1.165) is 18.7 Å². The average molecular weight is 202 g/mol. The lowest BCUT2D eigenvalue weighted by atomic mass is 9.93. The van der Waals surface area contributed by atoms with Gasteiger partial charge in [0.15, 0.2) is 0 Å². The zero-order chi connectivity index (χ0) is 10.5. The Morgan fingerprint density at radius 2 is 1.87 bits per heavy atom. The molecule has 0 fully saturated rings. The molecular formula is C13H16NO+. The van der Waals surface area contributed by atoms with Crippen LogP contribution in [0.1, 0.15) is 23.7 Å². The molecule has 2 heteroatoms. The average Bonchev–Trinajstić information content (AvgIpc) is 2.80. The van der Waals surface area contributed by atoms with Crippen molar-refractivity contribution in [1.29, 1.82) is 0 Å². The van der Waals surface area contributed by atoms with Crippen molar-refractivity contribution in [3.05, 3.63) is 60.1 Å². The zero-order valence-corrected chi connectivity index (χ0v) is 8.73. The van der Waals surface area contributed by atoms with Gasteiger partial charge in [-0.2, -0.15) is 0 Å². The quantitative estimate of drug-likeness (QED) is 0.809. The molecule has 0 bridgehead atoms. The summed E-state index contributed by atoms with van der Waals surface area (Å²) in [6.45, 7) is 0.917. The van der Waals surface area contributed by atoms with Crippen molar-refractivity contribution in [1.82, 2.24) is 0 Å². The third kappa shape index (κ3) is 2.28. The predicted octanol–water partition coefficient (Wildman–Crippen LogP) is 2.04. The molecule has 2 aromatic rings. The minimum atomic E-state index is 0.346. The summed E-state index contributed by atoms with van der Waals surface area (Å²) in [4.78, 5) is 0. The van der Waals surface area contributed by atoms with Gasteiger partial charge in [0.2, 0.25) is 0 Å². The molecule has 2 rings (SSSR count). The number of hydrogen-bond acceptors (Lipinski definition) is 1. The van der Waals surface area contributed by atoms with Crippen molar-refractivity contribution < 1.29 is 10.2 Å². The van der Waals surface area contributed by atoms with Crippen molar-refractivity contribution in [2.75, 3.05) is 6.54 Å². The van der Waals surface area contributed by atoms with Gasteiger partial charge in [-0.05, 0) is 17.7 Å². The first-order valence-corrected chi connectivity index (χ1v) is 5.29.